The topological polar surface area (TPSA) is 27.0 Å². The Kier molecular flexibility index (Phi) is 4.72. The molecule has 0 unspecified atom stereocenters. The van der Waals surface area contributed by atoms with Gasteiger partial charge in [0, 0.05) is 6.54 Å². The van der Waals surface area contributed by atoms with Gasteiger partial charge >= 0.3 is 0 Å². The van der Waals surface area contributed by atoms with Crippen LogP contribution >= 0.6 is 0 Å². The predicted octanol–water partition coefficient (Wildman–Crippen LogP) is 3.37. The van der Waals surface area contributed by atoms with E-state index in [4.69, 9.17) is 5.26 Å². The van der Waals surface area contributed by atoms with Crippen LogP contribution in [0, 0.1) is 11.3 Å². The van der Waals surface area contributed by atoms with Crippen LogP contribution in [0.2, 0.25) is 0 Å². The van der Waals surface area contributed by atoms with Crippen LogP contribution in [0.3, 0.4) is 0 Å². The lowest BCUT2D eigenvalue weighted by atomic mass is 10.0. The number of aryl methyl sites for hydroxylation is 1. The lowest BCUT2D eigenvalue weighted by Gasteiger charge is -2.29. The molecule has 92 valence electrons. The van der Waals surface area contributed by atoms with Crippen molar-refractivity contribution in [2.45, 2.75) is 45.7 Å². The average molecular weight is 230 g/mol. The van der Waals surface area contributed by atoms with Crippen molar-refractivity contribution in [2.24, 2.45) is 0 Å². The van der Waals surface area contributed by atoms with Gasteiger partial charge in [0.25, 0.3) is 0 Å². The summed E-state index contributed by atoms with van der Waals surface area (Å²) >= 11 is 0. The summed E-state index contributed by atoms with van der Waals surface area (Å²) < 4.78 is 0. The van der Waals surface area contributed by atoms with Crippen LogP contribution in [-0.4, -0.2) is 17.5 Å². The van der Waals surface area contributed by atoms with E-state index in [0.29, 0.717) is 0 Å². The predicted molar refractivity (Wildman–Crippen MR) is 71.6 cm³/mol. The lowest BCUT2D eigenvalue weighted by Crippen LogP contribution is -2.38. The van der Waals surface area contributed by atoms with Gasteiger partial charge in [0.05, 0.1) is 6.07 Å². The van der Waals surface area contributed by atoms with Crippen molar-refractivity contribution < 1.29 is 0 Å². The fraction of sp³-hybridized carbons (Fsp3) is 0.533. The largest absolute Gasteiger partial charge is 0.285 e. The third-order valence-electron chi connectivity index (χ3n) is 3.21. The van der Waals surface area contributed by atoms with Gasteiger partial charge in [0.2, 0.25) is 0 Å². The molecule has 0 saturated carbocycles. The van der Waals surface area contributed by atoms with Crippen molar-refractivity contribution in [2.75, 3.05) is 7.05 Å². The summed E-state index contributed by atoms with van der Waals surface area (Å²) in [5.74, 6) is 0. The molecule has 0 fully saturated rings. The van der Waals surface area contributed by atoms with E-state index in [2.05, 4.69) is 42.2 Å². The Morgan fingerprint density at radius 2 is 1.71 bits per heavy atom. The summed E-state index contributed by atoms with van der Waals surface area (Å²) in [5, 5.41) is 9.06. The maximum Gasteiger partial charge on any atom is 0.103 e. The van der Waals surface area contributed by atoms with Gasteiger partial charge in [-0.25, -0.2) is 0 Å². The first-order valence-corrected chi connectivity index (χ1v) is 6.20. The molecular weight excluding hydrogens is 208 g/mol. The molecular formula is C15H22N2. The third-order valence-corrected chi connectivity index (χ3v) is 3.21. The van der Waals surface area contributed by atoms with Crippen LogP contribution in [-0.2, 0) is 13.0 Å². The van der Waals surface area contributed by atoms with Crippen molar-refractivity contribution in [1.29, 1.82) is 5.26 Å². The molecule has 0 heterocycles. The number of benzene rings is 1. The van der Waals surface area contributed by atoms with Crippen molar-refractivity contribution >= 4 is 0 Å². The summed E-state index contributed by atoms with van der Waals surface area (Å²) in [5.41, 5.74) is 2.23. The molecule has 0 amide bonds. The number of hydrogen-bond donors (Lipinski definition) is 0. The molecule has 17 heavy (non-hydrogen) atoms. The van der Waals surface area contributed by atoms with Gasteiger partial charge in [-0.15, -0.1) is 0 Å². The highest BCUT2D eigenvalue weighted by molar-refractivity contribution is 5.23. The van der Waals surface area contributed by atoms with E-state index in [1.165, 1.54) is 17.5 Å². The standard InChI is InChI=1S/C15H22N2/c1-5-6-13-7-9-14(10-8-13)11-17(4)15(2,3)12-16/h7-10H,5-6,11H2,1-4H3. The number of rotatable bonds is 5. The molecule has 0 aliphatic carbocycles. The molecule has 0 aromatic heterocycles. The van der Waals surface area contributed by atoms with Gasteiger partial charge in [-0.1, -0.05) is 37.6 Å². The first kappa shape index (κ1) is 13.7. The minimum Gasteiger partial charge on any atom is -0.285 e. The van der Waals surface area contributed by atoms with E-state index in [1.807, 2.05) is 20.9 Å². The molecule has 1 rings (SSSR count). The van der Waals surface area contributed by atoms with Crippen molar-refractivity contribution in [3.05, 3.63) is 35.4 Å². The van der Waals surface area contributed by atoms with E-state index >= 15 is 0 Å². The van der Waals surface area contributed by atoms with Crippen LogP contribution in [0.1, 0.15) is 38.3 Å². The van der Waals surface area contributed by atoms with Crippen LogP contribution < -0.4 is 0 Å². The molecule has 0 aliphatic heterocycles. The molecule has 0 spiro atoms. The molecule has 0 radical (unpaired) electrons. The van der Waals surface area contributed by atoms with Crippen LogP contribution in [0.25, 0.3) is 0 Å². The van der Waals surface area contributed by atoms with Gasteiger partial charge in [-0.05, 0) is 38.4 Å². The molecule has 0 atom stereocenters. The van der Waals surface area contributed by atoms with Gasteiger partial charge in [0.1, 0.15) is 5.54 Å². The second-order valence-corrected chi connectivity index (χ2v) is 5.09. The molecule has 0 bridgehead atoms. The molecule has 0 saturated heterocycles. The zero-order valence-electron chi connectivity index (χ0n) is 11.3. The van der Waals surface area contributed by atoms with Crippen LogP contribution in [0.5, 0.6) is 0 Å². The van der Waals surface area contributed by atoms with E-state index in [0.717, 1.165) is 13.0 Å². The lowest BCUT2D eigenvalue weighted by molar-refractivity contribution is 0.203. The highest BCUT2D eigenvalue weighted by atomic mass is 15.2. The van der Waals surface area contributed by atoms with Crippen molar-refractivity contribution in [3.8, 4) is 6.07 Å². The quantitative estimate of drug-likeness (QED) is 0.775. The van der Waals surface area contributed by atoms with Crippen molar-refractivity contribution in [1.82, 2.24) is 4.90 Å². The Morgan fingerprint density at radius 1 is 1.18 bits per heavy atom. The maximum absolute atomic E-state index is 9.06. The fourth-order valence-electron chi connectivity index (χ4n) is 1.66. The van der Waals surface area contributed by atoms with Crippen molar-refractivity contribution in [3.63, 3.8) is 0 Å². The van der Waals surface area contributed by atoms with Crippen LogP contribution in [0.15, 0.2) is 24.3 Å². The SMILES string of the molecule is CCCc1ccc(CN(C)C(C)(C)C#N)cc1. The Morgan fingerprint density at radius 3 is 2.18 bits per heavy atom. The summed E-state index contributed by atoms with van der Waals surface area (Å²) in [6.45, 7) is 6.89. The Bertz CT molecular complexity index is 384. The summed E-state index contributed by atoms with van der Waals surface area (Å²) in [7, 11) is 1.99. The molecule has 2 heteroatoms. The van der Waals surface area contributed by atoms with Gasteiger partial charge in [-0.2, -0.15) is 5.26 Å². The second kappa shape index (κ2) is 5.84. The average Bonchev–Trinajstić information content (AvgIpc) is 2.32. The molecule has 0 aliphatic rings. The summed E-state index contributed by atoms with van der Waals surface area (Å²) in [6, 6.07) is 11.0. The molecule has 0 N–H and O–H groups in total. The zero-order chi connectivity index (χ0) is 12.9. The van der Waals surface area contributed by atoms with Gasteiger partial charge < -0.3 is 0 Å². The van der Waals surface area contributed by atoms with E-state index in [-0.39, 0.29) is 0 Å². The fourth-order valence-corrected chi connectivity index (χ4v) is 1.66. The molecule has 2 nitrogen and oxygen atoms in total. The van der Waals surface area contributed by atoms with E-state index < -0.39 is 5.54 Å². The van der Waals surface area contributed by atoms with Gasteiger partial charge in [-0.3, -0.25) is 4.90 Å². The summed E-state index contributed by atoms with van der Waals surface area (Å²) in [4.78, 5) is 2.07. The normalized spacial score (nSPS) is 11.5. The minimum atomic E-state index is -0.415. The zero-order valence-corrected chi connectivity index (χ0v) is 11.3. The minimum absolute atomic E-state index is 0.415. The third kappa shape index (κ3) is 3.87. The van der Waals surface area contributed by atoms with Gasteiger partial charge in [0.15, 0.2) is 0 Å². The smallest absolute Gasteiger partial charge is 0.103 e. The highest BCUT2D eigenvalue weighted by Gasteiger charge is 2.22. The monoisotopic (exact) mass is 230 g/mol. The first-order chi connectivity index (χ1) is 7.99. The second-order valence-electron chi connectivity index (χ2n) is 5.09. The number of hydrogen-bond acceptors (Lipinski definition) is 2. The Balaban J connectivity index is 2.67. The molecule has 1 aromatic rings. The van der Waals surface area contributed by atoms with E-state index in [1.54, 1.807) is 0 Å². The Hall–Kier alpha value is -1.33. The maximum atomic E-state index is 9.06. The number of nitriles is 1. The molecule has 1 aromatic carbocycles. The first-order valence-electron chi connectivity index (χ1n) is 6.20. The Labute approximate surface area is 105 Å². The number of nitrogens with zero attached hydrogens (tertiary/aromatic N) is 2. The van der Waals surface area contributed by atoms with E-state index in [9.17, 15) is 0 Å². The van der Waals surface area contributed by atoms with Crippen LogP contribution in [0.4, 0.5) is 0 Å². The highest BCUT2D eigenvalue weighted by Crippen LogP contribution is 2.15. The summed E-state index contributed by atoms with van der Waals surface area (Å²) in [6.07, 6.45) is 2.32.